The molecule has 1 aromatic heterocycles. The number of fused-ring (bicyclic) bond motifs is 1. The molecule has 2 aliphatic heterocycles. The van der Waals surface area contributed by atoms with Gasteiger partial charge in [-0.05, 0) is 106 Å². The quantitative estimate of drug-likeness (QED) is 0.471. The third-order valence-electron chi connectivity index (χ3n) is 10.6. The van der Waals surface area contributed by atoms with Crippen LogP contribution in [-0.2, 0) is 17.8 Å². The van der Waals surface area contributed by atoms with Crippen LogP contribution in [0, 0.1) is 35.9 Å². The van der Waals surface area contributed by atoms with Gasteiger partial charge in [0.2, 0.25) is 0 Å². The molecule has 1 aromatic carbocycles. The van der Waals surface area contributed by atoms with Gasteiger partial charge in [-0.1, -0.05) is 19.1 Å². The molecule has 1 unspecified atom stereocenters. The Hall–Kier alpha value is -2.25. The molecule has 0 spiro atoms. The van der Waals surface area contributed by atoms with Gasteiger partial charge in [-0.3, -0.25) is 9.48 Å². The highest BCUT2D eigenvalue weighted by Gasteiger charge is 2.58. The van der Waals surface area contributed by atoms with E-state index in [4.69, 9.17) is 5.10 Å². The molecule has 2 aromatic rings. The van der Waals surface area contributed by atoms with E-state index in [1.165, 1.54) is 29.4 Å². The molecule has 0 bridgehead atoms. The molecule has 7 heteroatoms. The summed E-state index contributed by atoms with van der Waals surface area (Å²) in [4.78, 5) is 17.4. The third-order valence-corrected chi connectivity index (χ3v) is 10.6. The van der Waals surface area contributed by atoms with Gasteiger partial charge in [-0.2, -0.15) is 5.10 Å². The first-order chi connectivity index (χ1) is 18.8. The Bertz CT molecular complexity index is 1190. The smallest absolute Gasteiger partial charge is 0.310 e. The lowest BCUT2D eigenvalue weighted by molar-refractivity contribution is -0.150. The Balaban J connectivity index is 1.15. The molecular weight excluding hydrogens is 491 g/mol. The number of piperidine rings is 1. The Kier molecular flexibility index (Phi) is 7.34. The molecule has 1 N–H and O–H groups in total. The highest BCUT2D eigenvalue weighted by Crippen LogP contribution is 2.60. The maximum atomic E-state index is 14.3. The number of carboxylic acids is 1. The molecule has 6 nitrogen and oxygen atoms in total. The summed E-state index contributed by atoms with van der Waals surface area (Å²) in [7, 11) is 0. The van der Waals surface area contributed by atoms with Gasteiger partial charge < -0.3 is 14.9 Å². The number of hydrogen-bond donors (Lipinski definition) is 1. The molecule has 2 saturated carbocycles. The predicted octanol–water partition coefficient (Wildman–Crippen LogP) is 5.31. The predicted molar refractivity (Wildman–Crippen MR) is 150 cm³/mol. The van der Waals surface area contributed by atoms with Crippen molar-refractivity contribution in [1.82, 2.24) is 19.6 Å². The second-order valence-electron chi connectivity index (χ2n) is 13.1. The number of aryl methyl sites for hydroxylation is 2. The van der Waals surface area contributed by atoms with Gasteiger partial charge >= 0.3 is 5.97 Å². The molecule has 4 fully saturated rings. The number of benzene rings is 1. The van der Waals surface area contributed by atoms with Crippen LogP contribution in [0.4, 0.5) is 4.39 Å². The number of nitrogens with zero attached hydrogens (tertiary/aromatic N) is 4. The summed E-state index contributed by atoms with van der Waals surface area (Å²) in [5.41, 5.74) is 4.52. The van der Waals surface area contributed by atoms with Gasteiger partial charge in [0.1, 0.15) is 5.82 Å². The van der Waals surface area contributed by atoms with Crippen LogP contribution in [0.3, 0.4) is 0 Å². The summed E-state index contributed by atoms with van der Waals surface area (Å²) in [5, 5.41) is 15.1. The average molecular weight is 537 g/mol. The van der Waals surface area contributed by atoms with Crippen molar-refractivity contribution in [2.75, 3.05) is 39.3 Å². The van der Waals surface area contributed by atoms with E-state index in [2.05, 4.69) is 41.3 Å². The van der Waals surface area contributed by atoms with Gasteiger partial charge in [-0.25, -0.2) is 4.39 Å². The molecule has 5 atom stereocenters. The SMILES string of the molecule is CCc1nn(CC)c(C2CCN(C[C@H]3CN(CC4(C(=O)O)C[C@H]5C[C@H]5C4)C[C@@H]3c3cccc(F)c3)CC2)c1C. The van der Waals surface area contributed by atoms with Gasteiger partial charge in [0.25, 0.3) is 0 Å². The van der Waals surface area contributed by atoms with Crippen molar-refractivity contribution in [2.45, 2.75) is 77.7 Å². The number of rotatable bonds is 9. The highest BCUT2D eigenvalue weighted by atomic mass is 19.1. The van der Waals surface area contributed by atoms with Crippen LogP contribution in [0.25, 0.3) is 0 Å². The summed E-state index contributed by atoms with van der Waals surface area (Å²) >= 11 is 0. The molecular formula is C32H45FN4O2. The molecule has 2 saturated heterocycles. The lowest BCUT2D eigenvalue weighted by Gasteiger charge is -2.35. The standard InChI is InChI=1S/C32H45FN4O2/c1-4-29-21(3)30(37(5-2)34-29)22-9-11-35(12-10-22)17-26-18-36(19-28(26)23-7-6-8-27(33)14-23)20-32(31(38)39)15-24-13-25(24)16-32/h6-8,14,22,24-26,28H,4-5,9-13,15-20H2,1-3H3,(H,38,39)/t24-,25+,26-,28+,32?/m0/s1. The second-order valence-corrected chi connectivity index (χ2v) is 13.1. The van der Waals surface area contributed by atoms with Crippen molar-refractivity contribution in [2.24, 2.45) is 23.2 Å². The van der Waals surface area contributed by atoms with Gasteiger partial charge in [0.15, 0.2) is 0 Å². The maximum absolute atomic E-state index is 14.3. The van der Waals surface area contributed by atoms with E-state index < -0.39 is 11.4 Å². The highest BCUT2D eigenvalue weighted by molar-refractivity contribution is 5.76. The molecule has 2 aliphatic carbocycles. The van der Waals surface area contributed by atoms with Crippen LogP contribution < -0.4 is 0 Å². The Morgan fingerprint density at radius 1 is 1.13 bits per heavy atom. The van der Waals surface area contributed by atoms with Crippen LogP contribution in [-0.4, -0.2) is 69.9 Å². The summed E-state index contributed by atoms with van der Waals surface area (Å²) in [6.07, 6.45) is 6.15. The number of carboxylic acid groups (broad SMARTS) is 1. The Morgan fingerprint density at radius 2 is 1.87 bits per heavy atom. The van der Waals surface area contributed by atoms with E-state index >= 15 is 0 Å². The number of carbonyl (C=O) groups is 1. The largest absolute Gasteiger partial charge is 0.481 e. The first-order valence-electron chi connectivity index (χ1n) is 15.3. The van der Waals surface area contributed by atoms with Crippen molar-refractivity contribution in [3.05, 3.63) is 52.6 Å². The van der Waals surface area contributed by atoms with Gasteiger partial charge in [0.05, 0.1) is 11.1 Å². The van der Waals surface area contributed by atoms with Gasteiger partial charge in [-0.15, -0.1) is 0 Å². The van der Waals surface area contributed by atoms with E-state index in [-0.39, 0.29) is 11.7 Å². The Labute approximate surface area is 232 Å². The van der Waals surface area contributed by atoms with E-state index in [0.29, 0.717) is 30.2 Å². The zero-order chi connectivity index (χ0) is 27.3. The van der Waals surface area contributed by atoms with Crippen molar-refractivity contribution in [1.29, 1.82) is 0 Å². The lowest BCUT2D eigenvalue weighted by atomic mass is 9.82. The topological polar surface area (TPSA) is 61.6 Å². The average Bonchev–Trinajstić information content (AvgIpc) is 3.22. The van der Waals surface area contributed by atoms with Gasteiger partial charge in [0, 0.05) is 50.3 Å². The second kappa shape index (κ2) is 10.6. The van der Waals surface area contributed by atoms with E-state index in [1.807, 2.05) is 6.07 Å². The monoisotopic (exact) mass is 536 g/mol. The normalized spacial score (nSPS) is 31.6. The fourth-order valence-electron chi connectivity index (χ4n) is 8.52. The molecule has 6 rings (SSSR count). The van der Waals surface area contributed by atoms with E-state index in [9.17, 15) is 14.3 Å². The van der Waals surface area contributed by atoms with Crippen LogP contribution in [0.1, 0.15) is 80.3 Å². The van der Waals surface area contributed by atoms with Crippen LogP contribution >= 0.6 is 0 Å². The van der Waals surface area contributed by atoms with E-state index in [0.717, 1.165) is 76.9 Å². The summed E-state index contributed by atoms with van der Waals surface area (Å²) < 4.78 is 16.5. The Morgan fingerprint density at radius 3 is 2.51 bits per heavy atom. The first-order valence-corrected chi connectivity index (χ1v) is 15.3. The minimum atomic E-state index is -0.615. The number of hydrogen-bond acceptors (Lipinski definition) is 4. The number of aromatic nitrogens is 2. The summed E-state index contributed by atoms with van der Waals surface area (Å²) in [5.74, 6) is 1.61. The van der Waals surface area contributed by atoms with Crippen LogP contribution in [0.2, 0.25) is 0 Å². The van der Waals surface area contributed by atoms with Crippen molar-refractivity contribution in [3.8, 4) is 0 Å². The third kappa shape index (κ3) is 5.17. The van der Waals surface area contributed by atoms with Crippen molar-refractivity contribution in [3.63, 3.8) is 0 Å². The minimum Gasteiger partial charge on any atom is -0.481 e. The zero-order valence-electron chi connectivity index (χ0n) is 23.9. The van der Waals surface area contributed by atoms with Crippen molar-refractivity contribution < 1.29 is 14.3 Å². The number of halogens is 1. The molecule has 4 aliphatic rings. The first kappa shape index (κ1) is 26.9. The minimum absolute atomic E-state index is 0.183. The molecule has 39 heavy (non-hydrogen) atoms. The fraction of sp³-hybridized carbons (Fsp3) is 0.688. The fourth-order valence-corrected chi connectivity index (χ4v) is 8.52. The molecule has 0 radical (unpaired) electrons. The number of likely N-dealkylation sites (tertiary alicyclic amines) is 2. The molecule has 3 heterocycles. The summed E-state index contributed by atoms with van der Waals surface area (Å²) in [6, 6.07) is 7.11. The van der Waals surface area contributed by atoms with Crippen LogP contribution in [0.15, 0.2) is 24.3 Å². The van der Waals surface area contributed by atoms with Crippen LogP contribution in [0.5, 0.6) is 0 Å². The maximum Gasteiger partial charge on any atom is 0.310 e. The number of aliphatic carboxylic acids is 1. The zero-order valence-corrected chi connectivity index (χ0v) is 23.9. The summed E-state index contributed by atoms with van der Waals surface area (Å²) in [6.45, 7) is 13.0. The molecule has 0 amide bonds. The van der Waals surface area contributed by atoms with E-state index in [1.54, 1.807) is 6.07 Å². The van der Waals surface area contributed by atoms with Crippen molar-refractivity contribution >= 4 is 5.97 Å². The lowest BCUT2D eigenvalue weighted by Crippen LogP contribution is -2.42. The molecule has 212 valence electrons.